The molecule has 0 atom stereocenters. The summed E-state index contributed by atoms with van der Waals surface area (Å²) in [6, 6.07) is 9.46. The molecule has 70 valence electrons. The molecule has 15 heavy (non-hydrogen) atoms. The van der Waals surface area contributed by atoms with Crippen molar-refractivity contribution in [3.05, 3.63) is 42.2 Å². The lowest BCUT2D eigenvalue weighted by atomic mass is 10.3. The number of fused-ring (bicyclic) bond motifs is 3. The zero-order chi connectivity index (χ0) is 10.3. The molecule has 0 unspecified atom stereocenters. The van der Waals surface area contributed by atoms with Crippen LogP contribution in [-0.2, 0) is 0 Å². The van der Waals surface area contributed by atoms with E-state index in [1.54, 1.807) is 23.0 Å². The predicted molar refractivity (Wildman–Crippen MR) is 55.2 cm³/mol. The van der Waals surface area contributed by atoms with Crippen LogP contribution >= 0.6 is 0 Å². The Hall–Kier alpha value is -2.41. The van der Waals surface area contributed by atoms with Gasteiger partial charge < -0.3 is 0 Å². The number of rotatable bonds is 0. The van der Waals surface area contributed by atoms with Gasteiger partial charge in [0.2, 0.25) is 0 Å². The predicted octanol–water partition coefficient (Wildman–Crippen LogP) is 1.75. The van der Waals surface area contributed by atoms with Crippen molar-refractivity contribution in [2.24, 2.45) is 0 Å². The van der Waals surface area contributed by atoms with Gasteiger partial charge in [-0.1, -0.05) is 0 Å². The number of hydrogen-bond donors (Lipinski definition) is 0. The smallest absolute Gasteiger partial charge is 0.116 e. The van der Waals surface area contributed by atoms with E-state index in [0.717, 1.165) is 16.6 Å². The summed E-state index contributed by atoms with van der Waals surface area (Å²) in [7, 11) is 0. The lowest BCUT2D eigenvalue weighted by Gasteiger charge is -1.91. The van der Waals surface area contributed by atoms with Crippen LogP contribution in [0.3, 0.4) is 0 Å². The standard InChI is InChI=1S/C11H6N4/c12-6-8-3-4-10-11-9(2-1-5-13-11)14-15(10)7-8/h1-5,7H. The Labute approximate surface area is 85.4 Å². The molecule has 0 aliphatic heterocycles. The topological polar surface area (TPSA) is 54.0 Å². The summed E-state index contributed by atoms with van der Waals surface area (Å²) in [5.74, 6) is 0. The van der Waals surface area contributed by atoms with Crippen molar-refractivity contribution in [2.75, 3.05) is 0 Å². The van der Waals surface area contributed by atoms with Crippen LogP contribution in [0.4, 0.5) is 0 Å². The minimum Gasteiger partial charge on any atom is -0.252 e. The van der Waals surface area contributed by atoms with E-state index in [1.807, 2.05) is 18.2 Å². The number of nitriles is 1. The van der Waals surface area contributed by atoms with E-state index in [1.165, 1.54) is 0 Å². The van der Waals surface area contributed by atoms with Crippen LogP contribution in [0.5, 0.6) is 0 Å². The molecule has 0 aliphatic rings. The first-order chi connectivity index (χ1) is 7.38. The summed E-state index contributed by atoms with van der Waals surface area (Å²) in [5.41, 5.74) is 3.22. The van der Waals surface area contributed by atoms with E-state index in [0.29, 0.717) is 5.56 Å². The van der Waals surface area contributed by atoms with Crippen LogP contribution in [0.2, 0.25) is 0 Å². The summed E-state index contributed by atoms with van der Waals surface area (Å²) in [4.78, 5) is 4.26. The molecule has 0 radical (unpaired) electrons. The molecule has 0 saturated heterocycles. The first-order valence-electron chi connectivity index (χ1n) is 4.52. The minimum atomic E-state index is 0.593. The van der Waals surface area contributed by atoms with Crippen LogP contribution in [0.15, 0.2) is 36.7 Å². The maximum Gasteiger partial charge on any atom is 0.116 e. The van der Waals surface area contributed by atoms with Crippen LogP contribution in [-0.4, -0.2) is 14.6 Å². The van der Waals surface area contributed by atoms with E-state index >= 15 is 0 Å². The van der Waals surface area contributed by atoms with Crippen LogP contribution < -0.4 is 0 Å². The minimum absolute atomic E-state index is 0.593. The molecule has 4 nitrogen and oxygen atoms in total. The Morgan fingerprint density at radius 3 is 3.07 bits per heavy atom. The normalized spacial score (nSPS) is 10.6. The van der Waals surface area contributed by atoms with Crippen molar-refractivity contribution < 1.29 is 0 Å². The SMILES string of the molecule is N#Cc1ccc2c3ncccc3nn2c1. The second-order valence-electron chi connectivity index (χ2n) is 3.23. The van der Waals surface area contributed by atoms with Gasteiger partial charge in [-0.2, -0.15) is 10.4 Å². The third-order valence-corrected chi connectivity index (χ3v) is 2.30. The van der Waals surface area contributed by atoms with Gasteiger partial charge in [-0.25, -0.2) is 4.52 Å². The van der Waals surface area contributed by atoms with Gasteiger partial charge in [0.15, 0.2) is 0 Å². The largest absolute Gasteiger partial charge is 0.252 e. The fourth-order valence-electron chi connectivity index (χ4n) is 1.62. The Kier molecular flexibility index (Phi) is 1.48. The van der Waals surface area contributed by atoms with Gasteiger partial charge in [0, 0.05) is 12.4 Å². The summed E-state index contributed by atoms with van der Waals surface area (Å²) < 4.78 is 1.69. The van der Waals surface area contributed by atoms with Crippen molar-refractivity contribution in [3.8, 4) is 6.07 Å². The number of hydrogen-bond acceptors (Lipinski definition) is 3. The summed E-state index contributed by atoms with van der Waals surface area (Å²) >= 11 is 0. The monoisotopic (exact) mass is 194 g/mol. The number of pyridine rings is 2. The summed E-state index contributed by atoms with van der Waals surface area (Å²) in [6.07, 6.45) is 3.44. The highest BCUT2D eigenvalue weighted by molar-refractivity contribution is 5.90. The first kappa shape index (κ1) is 7.94. The van der Waals surface area contributed by atoms with Gasteiger partial charge in [-0.05, 0) is 24.3 Å². The van der Waals surface area contributed by atoms with Crippen molar-refractivity contribution in [1.82, 2.24) is 14.6 Å². The average molecular weight is 194 g/mol. The Morgan fingerprint density at radius 2 is 2.20 bits per heavy atom. The van der Waals surface area contributed by atoms with E-state index in [-0.39, 0.29) is 0 Å². The van der Waals surface area contributed by atoms with E-state index in [2.05, 4.69) is 16.2 Å². The Balaban J connectivity index is 2.50. The second-order valence-corrected chi connectivity index (χ2v) is 3.23. The molecule has 3 aromatic rings. The molecular weight excluding hydrogens is 188 g/mol. The van der Waals surface area contributed by atoms with Crippen LogP contribution in [0, 0.1) is 11.3 Å². The quantitative estimate of drug-likeness (QED) is 0.547. The zero-order valence-electron chi connectivity index (χ0n) is 7.75. The molecule has 0 aromatic carbocycles. The second kappa shape index (κ2) is 2.79. The molecular formula is C11H6N4. The van der Waals surface area contributed by atoms with Gasteiger partial charge in [-0.15, -0.1) is 0 Å². The number of nitrogens with zero attached hydrogens (tertiary/aromatic N) is 4. The lowest BCUT2D eigenvalue weighted by Crippen LogP contribution is -1.87. The molecule has 0 spiro atoms. The van der Waals surface area contributed by atoms with Gasteiger partial charge in [0.25, 0.3) is 0 Å². The third kappa shape index (κ3) is 1.07. The van der Waals surface area contributed by atoms with Gasteiger partial charge in [-0.3, -0.25) is 4.98 Å². The highest BCUT2D eigenvalue weighted by Gasteiger charge is 2.04. The van der Waals surface area contributed by atoms with Gasteiger partial charge in [0.05, 0.1) is 11.1 Å². The molecule has 0 N–H and O–H groups in total. The van der Waals surface area contributed by atoms with Crippen molar-refractivity contribution >= 4 is 16.6 Å². The molecule has 0 amide bonds. The summed E-state index contributed by atoms with van der Waals surface area (Å²) in [5, 5.41) is 13.1. The first-order valence-corrected chi connectivity index (χ1v) is 4.52. The lowest BCUT2D eigenvalue weighted by molar-refractivity contribution is 0.977. The Bertz CT molecular complexity index is 690. The van der Waals surface area contributed by atoms with E-state index in [4.69, 9.17) is 5.26 Å². The molecule has 0 fully saturated rings. The molecule has 3 rings (SSSR count). The fraction of sp³-hybridized carbons (Fsp3) is 0. The fourth-order valence-corrected chi connectivity index (χ4v) is 1.62. The summed E-state index contributed by atoms with van der Waals surface area (Å²) in [6.45, 7) is 0. The molecule has 0 bridgehead atoms. The third-order valence-electron chi connectivity index (χ3n) is 2.30. The van der Waals surface area contributed by atoms with Crippen molar-refractivity contribution in [2.45, 2.75) is 0 Å². The average Bonchev–Trinajstić information content (AvgIpc) is 2.66. The van der Waals surface area contributed by atoms with Gasteiger partial charge in [0.1, 0.15) is 17.1 Å². The maximum absolute atomic E-state index is 8.77. The van der Waals surface area contributed by atoms with E-state index < -0.39 is 0 Å². The van der Waals surface area contributed by atoms with Crippen LogP contribution in [0.1, 0.15) is 5.56 Å². The van der Waals surface area contributed by atoms with Gasteiger partial charge >= 0.3 is 0 Å². The Morgan fingerprint density at radius 1 is 1.27 bits per heavy atom. The molecule has 0 aliphatic carbocycles. The molecule has 3 heterocycles. The highest BCUT2D eigenvalue weighted by atomic mass is 15.2. The molecule has 3 aromatic heterocycles. The van der Waals surface area contributed by atoms with E-state index in [9.17, 15) is 0 Å². The molecule has 0 saturated carbocycles. The van der Waals surface area contributed by atoms with Crippen molar-refractivity contribution in [1.29, 1.82) is 5.26 Å². The van der Waals surface area contributed by atoms with Crippen molar-refractivity contribution in [3.63, 3.8) is 0 Å². The molecule has 4 heteroatoms. The highest BCUT2D eigenvalue weighted by Crippen LogP contribution is 2.16. The number of aromatic nitrogens is 3. The zero-order valence-corrected chi connectivity index (χ0v) is 7.75. The maximum atomic E-state index is 8.77. The van der Waals surface area contributed by atoms with Crippen LogP contribution in [0.25, 0.3) is 16.6 Å².